The van der Waals surface area contributed by atoms with E-state index in [-0.39, 0.29) is 16.3 Å². The van der Waals surface area contributed by atoms with Crippen LogP contribution in [0, 0.1) is 24.0 Å². The fraction of sp³-hybridized carbons (Fsp3) is 0.263. The fourth-order valence-electron chi connectivity index (χ4n) is 2.78. The average Bonchev–Trinajstić information content (AvgIpc) is 2.92. The number of nitro groups is 1. The second-order valence-corrected chi connectivity index (χ2v) is 7.69. The van der Waals surface area contributed by atoms with Gasteiger partial charge in [-0.3, -0.25) is 14.9 Å². The molecule has 1 heterocycles. The molecule has 0 aliphatic heterocycles. The van der Waals surface area contributed by atoms with Crippen molar-refractivity contribution in [2.45, 2.75) is 33.7 Å². The largest absolute Gasteiger partial charge is 0.316 e. The minimum atomic E-state index is -0.589. The lowest BCUT2D eigenvalue weighted by Gasteiger charge is -2.05. The van der Waals surface area contributed by atoms with Gasteiger partial charge >= 0.3 is 0 Å². The first-order chi connectivity index (χ1) is 12.8. The molecule has 0 spiro atoms. The van der Waals surface area contributed by atoms with Crippen molar-refractivity contribution in [2.24, 2.45) is 4.99 Å². The van der Waals surface area contributed by atoms with Crippen molar-refractivity contribution in [3.63, 3.8) is 0 Å². The molecule has 27 heavy (non-hydrogen) atoms. The van der Waals surface area contributed by atoms with Crippen molar-refractivity contribution in [3.8, 4) is 0 Å². The number of rotatable bonds is 4. The Labute approximate surface area is 164 Å². The SMILES string of the molecule is CCCn1c(=NC(=O)c2cc([N+](=O)[O-])ccc2Cl)sc2cc(C)c(C)cc21. The van der Waals surface area contributed by atoms with Crippen LogP contribution in [0.5, 0.6) is 0 Å². The van der Waals surface area contributed by atoms with Gasteiger partial charge in [0.1, 0.15) is 0 Å². The van der Waals surface area contributed by atoms with E-state index in [0.717, 1.165) is 23.2 Å². The van der Waals surface area contributed by atoms with Gasteiger partial charge in [-0.15, -0.1) is 0 Å². The number of halogens is 1. The van der Waals surface area contributed by atoms with Crippen LogP contribution >= 0.6 is 22.9 Å². The normalized spacial score (nSPS) is 11.9. The van der Waals surface area contributed by atoms with E-state index in [2.05, 4.69) is 24.0 Å². The minimum absolute atomic E-state index is 0.0266. The van der Waals surface area contributed by atoms with Gasteiger partial charge < -0.3 is 4.57 Å². The summed E-state index contributed by atoms with van der Waals surface area (Å²) in [5.41, 5.74) is 3.21. The molecule has 3 rings (SSSR count). The zero-order valence-corrected chi connectivity index (χ0v) is 16.7. The maximum absolute atomic E-state index is 12.7. The molecule has 3 aromatic rings. The molecule has 0 unspecified atom stereocenters. The van der Waals surface area contributed by atoms with Gasteiger partial charge in [-0.25, -0.2) is 0 Å². The summed E-state index contributed by atoms with van der Waals surface area (Å²) in [4.78, 5) is 27.9. The summed E-state index contributed by atoms with van der Waals surface area (Å²) in [6.45, 7) is 6.87. The minimum Gasteiger partial charge on any atom is -0.316 e. The second kappa shape index (κ2) is 7.62. The molecule has 8 heteroatoms. The number of thiazole rings is 1. The molecule has 2 aromatic carbocycles. The van der Waals surface area contributed by atoms with Crippen LogP contribution in [0.4, 0.5) is 5.69 Å². The Morgan fingerprint density at radius 1 is 1.26 bits per heavy atom. The molecule has 0 fully saturated rings. The van der Waals surface area contributed by atoms with Crippen LogP contribution < -0.4 is 4.80 Å². The van der Waals surface area contributed by atoms with Crippen molar-refractivity contribution >= 4 is 44.7 Å². The number of non-ortho nitro benzene ring substituents is 1. The number of benzene rings is 2. The Bertz CT molecular complexity index is 1130. The van der Waals surface area contributed by atoms with Gasteiger partial charge in [0.25, 0.3) is 11.6 Å². The van der Waals surface area contributed by atoms with E-state index in [9.17, 15) is 14.9 Å². The molecule has 0 aliphatic carbocycles. The molecule has 0 aliphatic rings. The van der Waals surface area contributed by atoms with Crippen LogP contribution in [0.1, 0.15) is 34.8 Å². The third kappa shape index (κ3) is 3.79. The summed E-state index contributed by atoms with van der Waals surface area (Å²) in [6, 6.07) is 7.97. The Kier molecular flexibility index (Phi) is 5.43. The first-order valence-electron chi connectivity index (χ1n) is 8.45. The molecule has 0 radical (unpaired) electrons. The van der Waals surface area contributed by atoms with Gasteiger partial charge in [-0.1, -0.05) is 29.9 Å². The summed E-state index contributed by atoms with van der Waals surface area (Å²) < 4.78 is 3.05. The Morgan fingerprint density at radius 3 is 2.63 bits per heavy atom. The number of fused-ring (bicyclic) bond motifs is 1. The highest BCUT2D eigenvalue weighted by molar-refractivity contribution is 7.16. The van der Waals surface area contributed by atoms with Gasteiger partial charge in [-0.2, -0.15) is 4.99 Å². The van der Waals surface area contributed by atoms with Gasteiger partial charge in [0.2, 0.25) is 0 Å². The predicted octanol–water partition coefficient (Wildman–Crippen LogP) is 5.03. The van der Waals surface area contributed by atoms with Crippen molar-refractivity contribution in [2.75, 3.05) is 0 Å². The Hall–Kier alpha value is -2.51. The molecule has 6 nitrogen and oxygen atoms in total. The highest BCUT2D eigenvalue weighted by Gasteiger charge is 2.16. The molecular formula is C19H18ClN3O3S. The van der Waals surface area contributed by atoms with Crippen LogP contribution in [0.2, 0.25) is 5.02 Å². The highest BCUT2D eigenvalue weighted by atomic mass is 35.5. The quantitative estimate of drug-likeness (QED) is 0.452. The summed E-state index contributed by atoms with van der Waals surface area (Å²) in [6.07, 6.45) is 0.887. The third-order valence-corrected chi connectivity index (χ3v) is 5.70. The molecule has 0 atom stereocenters. The number of aromatic nitrogens is 1. The number of hydrogen-bond donors (Lipinski definition) is 0. The van der Waals surface area contributed by atoms with E-state index in [1.54, 1.807) is 0 Å². The number of nitro benzene ring substituents is 1. The van der Waals surface area contributed by atoms with E-state index in [1.165, 1.54) is 40.7 Å². The highest BCUT2D eigenvalue weighted by Crippen LogP contribution is 2.24. The van der Waals surface area contributed by atoms with Crippen molar-refractivity contribution < 1.29 is 9.72 Å². The van der Waals surface area contributed by atoms with Crippen LogP contribution in [-0.4, -0.2) is 15.4 Å². The lowest BCUT2D eigenvalue weighted by atomic mass is 10.1. The molecule has 0 saturated carbocycles. The maximum atomic E-state index is 12.7. The zero-order valence-electron chi connectivity index (χ0n) is 15.2. The van der Waals surface area contributed by atoms with Gasteiger partial charge in [0, 0.05) is 18.7 Å². The number of carbonyl (C=O) groups is 1. The van der Waals surface area contributed by atoms with E-state index >= 15 is 0 Å². The average molecular weight is 404 g/mol. The molecule has 1 amide bonds. The number of nitrogens with zero attached hydrogens (tertiary/aromatic N) is 3. The van der Waals surface area contributed by atoms with Crippen LogP contribution in [-0.2, 0) is 6.54 Å². The van der Waals surface area contributed by atoms with Gasteiger partial charge in [0.15, 0.2) is 4.80 Å². The monoisotopic (exact) mass is 403 g/mol. The maximum Gasteiger partial charge on any atom is 0.281 e. The van der Waals surface area contributed by atoms with Gasteiger partial charge in [-0.05, 0) is 49.6 Å². The van der Waals surface area contributed by atoms with Crippen molar-refractivity contribution in [1.29, 1.82) is 0 Å². The van der Waals surface area contributed by atoms with Gasteiger partial charge in [0.05, 0.1) is 25.7 Å². The van der Waals surface area contributed by atoms with Crippen molar-refractivity contribution in [1.82, 2.24) is 4.57 Å². The van der Waals surface area contributed by atoms with E-state index in [4.69, 9.17) is 11.6 Å². The van der Waals surface area contributed by atoms with Crippen LogP contribution in [0.25, 0.3) is 10.2 Å². The smallest absolute Gasteiger partial charge is 0.281 e. The predicted molar refractivity (Wildman–Crippen MR) is 108 cm³/mol. The fourth-order valence-corrected chi connectivity index (χ4v) is 4.12. The number of aryl methyl sites for hydroxylation is 3. The molecule has 1 aromatic heterocycles. The zero-order chi connectivity index (χ0) is 19.7. The molecular weight excluding hydrogens is 386 g/mol. The lowest BCUT2D eigenvalue weighted by molar-refractivity contribution is -0.384. The first-order valence-corrected chi connectivity index (χ1v) is 9.65. The van der Waals surface area contributed by atoms with E-state index < -0.39 is 10.8 Å². The lowest BCUT2D eigenvalue weighted by Crippen LogP contribution is -2.17. The van der Waals surface area contributed by atoms with Crippen LogP contribution in [0.3, 0.4) is 0 Å². The standard InChI is InChI=1S/C19H18ClN3O3S/c1-4-7-22-16-8-11(2)12(3)9-17(16)27-19(22)21-18(24)14-10-13(23(25)26)5-6-15(14)20/h5-6,8-10H,4,7H2,1-3H3. The number of carbonyl (C=O) groups excluding carboxylic acids is 1. The number of hydrogen-bond acceptors (Lipinski definition) is 4. The summed E-state index contributed by atoms with van der Waals surface area (Å²) >= 11 is 7.50. The molecule has 0 saturated heterocycles. The summed E-state index contributed by atoms with van der Waals surface area (Å²) in [5.74, 6) is -0.589. The molecule has 0 N–H and O–H groups in total. The summed E-state index contributed by atoms with van der Waals surface area (Å²) in [7, 11) is 0. The van der Waals surface area contributed by atoms with Crippen LogP contribution in [0.15, 0.2) is 35.3 Å². The topological polar surface area (TPSA) is 77.5 Å². The second-order valence-electron chi connectivity index (χ2n) is 6.28. The molecule has 0 bridgehead atoms. The third-order valence-electron chi connectivity index (χ3n) is 4.33. The summed E-state index contributed by atoms with van der Waals surface area (Å²) in [5, 5.41) is 11.1. The first kappa shape index (κ1) is 19.3. The Morgan fingerprint density at radius 2 is 1.96 bits per heavy atom. The van der Waals surface area contributed by atoms with E-state index in [1.807, 2.05) is 18.4 Å². The van der Waals surface area contributed by atoms with Crippen molar-refractivity contribution in [3.05, 3.63) is 67.0 Å². The molecule has 140 valence electrons. The van der Waals surface area contributed by atoms with E-state index in [0.29, 0.717) is 4.80 Å². The Balaban J connectivity index is 2.18. The number of amides is 1.